The molecule has 0 heterocycles. The fourth-order valence-corrected chi connectivity index (χ4v) is 10.1. The molecular formula is C74H134NO8+. The van der Waals surface area contributed by atoms with E-state index in [1.807, 2.05) is 21.1 Å². The lowest BCUT2D eigenvalue weighted by Crippen LogP contribution is -2.40. The Morgan fingerprint density at radius 3 is 1.02 bits per heavy atom. The summed E-state index contributed by atoms with van der Waals surface area (Å²) in [4.78, 5) is 37.6. The Bertz CT molecular complexity index is 1590. The van der Waals surface area contributed by atoms with Gasteiger partial charge in [0, 0.05) is 12.8 Å². The van der Waals surface area contributed by atoms with Gasteiger partial charge in [-0.15, -0.1) is 0 Å². The average molecular weight is 1170 g/mol. The minimum absolute atomic E-state index is 0.180. The van der Waals surface area contributed by atoms with Crippen LogP contribution in [-0.4, -0.2) is 87.4 Å². The second-order valence-corrected chi connectivity index (χ2v) is 24.8. The van der Waals surface area contributed by atoms with Gasteiger partial charge in [-0.05, 0) is 64.2 Å². The maximum absolute atomic E-state index is 12.9. The standard InChI is InChI=1S/C74H133NO8/c1-6-8-10-12-14-16-18-20-22-24-26-28-30-32-33-34-35-36-37-38-39-41-43-45-47-49-51-53-55-57-59-61-63-65-72(77)83-70(69-82-74(73(78)79)80-67-66-75(3,4)5)68-81-71(76)64-62-60-58-56-54-52-50-48-46-44-42-40-31-29-27-25-23-21-19-17-15-13-11-9-7-2/h8,10,14,16,20,22,26,28,32-33,35-36,70,74H,6-7,9,11-13,15,17-19,21,23-25,27,29-31,34,37-69H2,1-5H3/p+1/b10-8-,16-14-,22-20-,28-26-,33-32-,36-35-. The van der Waals surface area contributed by atoms with Crippen LogP contribution in [0.2, 0.25) is 0 Å². The second kappa shape index (κ2) is 64.7. The van der Waals surface area contributed by atoms with E-state index >= 15 is 0 Å². The fraction of sp³-hybridized carbons (Fsp3) is 0.797. The summed E-state index contributed by atoms with van der Waals surface area (Å²) >= 11 is 0. The van der Waals surface area contributed by atoms with Crippen molar-refractivity contribution in [1.29, 1.82) is 0 Å². The Morgan fingerprint density at radius 1 is 0.373 bits per heavy atom. The molecule has 0 aliphatic rings. The third-order valence-corrected chi connectivity index (χ3v) is 15.5. The molecule has 0 aromatic heterocycles. The number of allylic oxidation sites excluding steroid dienone is 12. The summed E-state index contributed by atoms with van der Waals surface area (Å²) < 4.78 is 23.0. The molecule has 0 aliphatic carbocycles. The minimum Gasteiger partial charge on any atom is -0.477 e. The number of hydrogen-bond donors (Lipinski definition) is 1. The van der Waals surface area contributed by atoms with Gasteiger partial charge in [0.1, 0.15) is 13.2 Å². The number of esters is 2. The second-order valence-electron chi connectivity index (χ2n) is 24.8. The van der Waals surface area contributed by atoms with Crippen molar-refractivity contribution >= 4 is 17.9 Å². The van der Waals surface area contributed by atoms with Gasteiger partial charge in [-0.3, -0.25) is 9.59 Å². The molecule has 0 saturated carbocycles. The van der Waals surface area contributed by atoms with Gasteiger partial charge in [0.15, 0.2) is 6.10 Å². The number of nitrogens with zero attached hydrogens (tertiary/aromatic N) is 1. The molecule has 83 heavy (non-hydrogen) atoms. The molecule has 0 radical (unpaired) electrons. The van der Waals surface area contributed by atoms with E-state index in [2.05, 4.69) is 86.8 Å². The number of ether oxygens (including phenoxy) is 4. The van der Waals surface area contributed by atoms with Gasteiger partial charge in [-0.25, -0.2) is 4.79 Å². The molecule has 0 saturated heterocycles. The van der Waals surface area contributed by atoms with E-state index in [0.29, 0.717) is 17.4 Å². The smallest absolute Gasteiger partial charge is 0.361 e. The number of carbonyl (C=O) groups is 3. The predicted molar refractivity (Wildman–Crippen MR) is 355 cm³/mol. The van der Waals surface area contributed by atoms with E-state index in [-0.39, 0.29) is 32.2 Å². The molecule has 0 aliphatic heterocycles. The maximum Gasteiger partial charge on any atom is 0.361 e. The lowest BCUT2D eigenvalue weighted by Gasteiger charge is -2.25. The fourth-order valence-electron chi connectivity index (χ4n) is 10.1. The molecule has 0 spiro atoms. The first-order valence-electron chi connectivity index (χ1n) is 35.1. The highest BCUT2D eigenvalue weighted by Gasteiger charge is 2.25. The summed E-state index contributed by atoms with van der Waals surface area (Å²) in [6.07, 6.45) is 83.0. The van der Waals surface area contributed by atoms with Crippen LogP contribution in [0.3, 0.4) is 0 Å². The summed E-state index contributed by atoms with van der Waals surface area (Å²) in [5, 5.41) is 9.75. The van der Waals surface area contributed by atoms with Crippen molar-refractivity contribution in [1.82, 2.24) is 0 Å². The van der Waals surface area contributed by atoms with Gasteiger partial charge >= 0.3 is 17.9 Å². The molecule has 0 amide bonds. The maximum atomic E-state index is 12.9. The Morgan fingerprint density at radius 2 is 0.687 bits per heavy atom. The Balaban J connectivity index is 4.10. The van der Waals surface area contributed by atoms with Crippen LogP contribution in [-0.2, 0) is 33.3 Å². The van der Waals surface area contributed by atoms with E-state index in [1.54, 1.807) is 0 Å². The molecule has 0 rings (SSSR count). The summed E-state index contributed by atoms with van der Waals surface area (Å²) in [6.45, 7) is 4.81. The summed E-state index contributed by atoms with van der Waals surface area (Å²) in [5.41, 5.74) is 0. The van der Waals surface area contributed by atoms with Crippen molar-refractivity contribution in [2.75, 3.05) is 47.5 Å². The highest BCUT2D eigenvalue weighted by Crippen LogP contribution is 2.18. The average Bonchev–Trinajstić information content (AvgIpc) is 3.46. The van der Waals surface area contributed by atoms with Gasteiger partial charge in [-0.2, -0.15) is 0 Å². The van der Waals surface area contributed by atoms with Crippen LogP contribution in [0.5, 0.6) is 0 Å². The van der Waals surface area contributed by atoms with E-state index < -0.39 is 24.3 Å². The summed E-state index contributed by atoms with van der Waals surface area (Å²) in [5.74, 6) is -1.99. The number of likely N-dealkylation sites (N-methyl/N-ethyl adjacent to an activating group) is 1. The molecule has 0 bridgehead atoms. The number of hydrogen-bond acceptors (Lipinski definition) is 7. The van der Waals surface area contributed by atoms with E-state index in [1.165, 1.54) is 218 Å². The monoisotopic (exact) mass is 1170 g/mol. The largest absolute Gasteiger partial charge is 0.477 e. The van der Waals surface area contributed by atoms with Gasteiger partial charge < -0.3 is 28.5 Å². The number of unbranched alkanes of at least 4 members (excludes halogenated alkanes) is 38. The molecule has 0 aromatic rings. The molecule has 9 nitrogen and oxygen atoms in total. The van der Waals surface area contributed by atoms with Gasteiger partial charge in [0.2, 0.25) is 0 Å². The number of aliphatic carboxylic acids is 1. The van der Waals surface area contributed by atoms with Crippen LogP contribution in [0.4, 0.5) is 0 Å². The number of carbonyl (C=O) groups excluding carboxylic acids is 2. The molecule has 482 valence electrons. The zero-order valence-corrected chi connectivity index (χ0v) is 55.1. The van der Waals surface area contributed by atoms with Crippen LogP contribution in [0.1, 0.15) is 322 Å². The van der Waals surface area contributed by atoms with Gasteiger partial charge in [-0.1, -0.05) is 318 Å². The van der Waals surface area contributed by atoms with Gasteiger partial charge in [0.25, 0.3) is 6.29 Å². The molecule has 2 atom stereocenters. The molecular weight excluding hydrogens is 1030 g/mol. The molecule has 0 fully saturated rings. The lowest BCUT2D eigenvalue weighted by atomic mass is 10.0. The van der Waals surface area contributed by atoms with Crippen LogP contribution in [0.25, 0.3) is 0 Å². The van der Waals surface area contributed by atoms with Crippen molar-refractivity contribution in [3.05, 3.63) is 72.9 Å². The quantitative estimate of drug-likeness (QED) is 0.0211. The van der Waals surface area contributed by atoms with Crippen LogP contribution in [0.15, 0.2) is 72.9 Å². The van der Waals surface area contributed by atoms with Crippen LogP contribution < -0.4 is 0 Å². The first-order chi connectivity index (χ1) is 40.6. The SMILES string of the molecule is CC/C=C\C/C=C\C/C=C\C/C=C\C/C=C\C/C=C\CCCCCCCCCCCCCCCCC(=O)OC(COC(=O)CCCCCCCCCCCCCCCCCCCCCCCCCCC)COC(OCC[N+](C)(C)C)C(=O)O. The zero-order valence-electron chi connectivity index (χ0n) is 55.1. The van der Waals surface area contributed by atoms with Gasteiger partial charge in [0.05, 0.1) is 34.4 Å². The normalized spacial score (nSPS) is 13.1. The number of carboxylic acids is 1. The van der Waals surface area contributed by atoms with Crippen LogP contribution >= 0.6 is 0 Å². The number of quaternary nitrogens is 1. The molecule has 1 N–H and O–H groups in total. The number of rotatable bonds is 65. The minimum atomic E-state index is -1.51. The van der Waals surface area contributed by atoms with Crippen molar-refractivity contribution < 1.29 is 42.9 Å². The summed E-state index contributed by atoms with van der Waals surface area (Å²) in [7, 11) is 5.98. The van der Waals surface area contributed by atoms with Crippen LogP contribution in [0, 0.1) is 0 Å². The van der Waals surface area contributed by atoms with E-state index in [4.69, 9.17) is 18.9 Å². The first kappa shape index (κ1) is 79.7. The predicted octanol–water partition coefficient (Wildman–Crippen LogP) is 21.7. The van der Waals surface area contributed by atoms with Crippen molar-refractivity contribution in [2.45, 2.75) is 334 Å². The van der Waals surface area contributed by atoms with Crippen molar-refractivity contribution in [3.8, 4) is 0 Å². The van der Waals surface area contributed by atoms with E-state index in [9.17, 15) is 19.5 Å². The highest BCUT2D eigenvalue weighted by molar-refractivity contribution is 5.71. The van der Waals surface area contributed by atoms with E-state index in [0.717, 1.165) is 77.0 Å². The summed E-state index contributed by atoms with van der Waals surface area (Å²) in [6, 6.07) is 0. The third kappa shape index (κ3) is 66.1. The van der Waals surface area contributed by atoms with Crippen molar-refractivity contribution in [2.24, 2.45) is 0 Å². The topological polar surface area (TPSA) is 108 Å². The zero-order chi connectivity index (χ0) is 60.5. The first-order valence-corrected chi connectivity index (χ1v) is 35.1. The Hall–Kier alpha value is -3.27. The Labute approximate surface area is 513 Å². The Kier molecular flexibility index (Phi) is 62.2. The molecule has 0 aromatic carbocycles. The lowest BCUT2D eigenvalue weighted by molar-refractivity contribution is -0.870. The highest BCUT2D eigenvalue weighted by atomic mass is 16.7. The molecule has 9 heteroatoms. The van der Waals surface area contributed by atoms with Crippen molar-refractivity contribution in [3.63, 3.8) is 0 Å². The molecule has 2 unspecified atom stereocenters. The third-order valence-electron chi connectivity index (χ3n) is 15.5. The number of carboxylic acid groups (broad SMARTS) is 1.